The maximum atomic E-state index is 12.7. The number of carbonyl (C=O) groups is 5. The molecule has 0 bridgehead atoms. The van der Waals surface area contributed by atoms with Crippen molar-refractivity contribution in [2.45, 2.75) is 79.3 Å². The van der Waals surface area contributed by atoms with E-state index in [1.165, 1.54) is 11.8 Å². The molecule has 2 heterocycles. The normalized spacial score (nSPS) is 21.1. The first-order chi connectivity index (χ1) is 15.7. The maximum absolute atomic E-state index is 12.7. The Morgan fingerprint density at radius 1 is 1.09 bits per heavy atom. The third-order valence-electron chi connectivity index (χ3n) is 6.58. The van der Waals surface area contributed by atoms with Crippen LogP contribution in [-0.4, -0.2) is 84.1 Å². The maximum Gasteiger partial charge on any atom is 0.315 e. The molecular formula is C24H41N5O5. The number of hydrogen-bond donors (Lipinski definition) is 3. The van der Waals surface area contributed by atoms with Crippen molar-refractivity contribution < 1.29 is 24.0 Å². The quantitative estimate of drug-likeness (QED) is 0.479. The summed E-state index contributed by atoms with van der Waals surface area (Å²) >= 11 is 0. The Morgan fingerprint density at radius 3 is 2.35 bits per heavy atom. The summed E-state index contributed by atoms with van der Waals surface area (Å²) in [4.78, 5) is 64.6. The topological polar surface area (TPSA) is 128 Å². The molecule has 2 aliphatic heterocycles. The molecule has 10 heteroatoms. The van der Waals surface area contributed by atoms with Crippen molar-refractivity contribution in [1.82, 2.24) is 25.8 Å². The van der Waals surface area contributed by atoms with Gasteiger partial charge in [-0.05, 0) is 37.0 Å². The zero-order valence-electron chi connectivity index (χ0n) is 21.5. The van der Waals surface area contributed by atoms with Crippen molar-refractivity contribution in [1.29, 1.82) is 0 Å². The van der Waals surface area contributed by atoms with E-state index in [-0.39, 0.29) is 53.5 Å². The van der Waals surface area contributed by atoms with Gasteiger partial charge in [0.2, 0.25) is 17.7 Å². The lowest BCUT2D eigenvalue weighted by Crippen LogP contribution is -2.57. The van der Waals surface area contributed by atoms with Crippen LogP contribution >= 0.6 is 0 Å². The van der Waals surface area contributed by atoms with Crippen LogP contribution in [-0.2, 0) is 19.2 Å². The summed E-state index contributed by atoms with van der Waals surface area (Å²) in [6, 6.07) is -1.42. The highest BCUT2D eigenvalue weighted by molar-refractivity contribution is 5.92. The Kier molecular flexibility index (Phi) is 9.08. The van der Waals surface area contributed by atoms with Crippen LogP contribution < -0.4 is 16.0 Å². The molecule has 0 radical (unpaired) electrons. The molecule has 0 aromatic carbocycles. The molecule has 2 atom stereocenters. The predicted molar refractivity (Wildman–Crippen MR) is 128 cm³/mol. The fourth-order valence-corrected chi connectivity index (χ4v) is 4.26. The number of nitrogens with zero attached hydrogens (tertiary/aromatic N) is 2. The van der Waals surface area contributed by atoms with Crippen LogP contribution in [0, 0.1) is 10.8 Å². The third kappa shape index (κ3) is 7.99. The standard InChI is InChI=1S/C24H41N5O5/c1-16(30)13-25-21(33)17-8-7-10-29(17)20(32)14-26-22(34)27-18(23(2,3)4)15-28-11-9-24(5,6)12-19(28)31/h17-18H,7-15H2,1-6H3,(H,25,33)(H2,26,27,34). The highest BCUT2D eigenvalue weighted by atomic mass is 16.2. The molecule has 0 aromatic heterocycles. The molecule has 0 spiro atoms. The molecule has 2 aliphatic rings. The van der Waals surface area contributed by atoms with Crippen LogP contribution in [0.2, 0.25) is 0 Å². The number of amides is 5. The number of Topliss-reactive ketones (excluding diaryl/α,β-unsaturated/α-hetero) is 1. The minimum Gasteiger partial charge on any atom is -0.347 e. The Bertz CT molecular complexity index is 804. The van der Waals surface area contributed by atoms with Crippen LogP contribution in [0.25, 0.3) is 0 Å². The molecule has 0 saturated carbocycles. The molecule has 2 unspecified atom stereocenters. The number of nitrogens with one attached hydrogen (secondary N) is 3. The summed E-state index contributed by atoms with van der Waals surface area (Å²) in [6.45, 7) is 12.7. The van der Waals surface area contributed by atoms with Crippen molar-refractivity contribution in [3.05, 3.63) is 0 Å². The second kappa shape index (κ2) is 11.2. The highest BCUT2D eigenvalue weighted by Crippen LogP contribution is 2.31. The summed E-state index contributed by atoms with van der Waals surface area (Å²) in [7, 11) is 0. The van der Waals surface area contributed by atoms with Crippen LogP contribution in [0.15, 0.2) is 0 Å². The zero-order chi connectivity index (χ0) is 25.7. The van der Waals surface area contributed by atoms with Crippen molar-refractivity contribution in [2.75, 3.05) is 32.7 Å². The number of ketones is 1. The zero-order valence-corrected chi connectivity index (χ0v) is 21.5. The van der Waals surface area contributed by atoms with E-state index >= 15 is 0 Å². The molecule has 2 rings (SSSR count). The largest absolute Gasteiger partial charge is 0.347 e. The van der Waals surface area contributed by atoms with E-state index < -0.39 is 12.1 Å². The van der Waals surface area contributed by atoms with Gasteiger partial charge in [0.15, 0.2) is 0 Å². The number of hydrogen-bond acceptors (Lipinski definition) is 5. The van der Waals surface area contributed by atoms with E-state index in [2.05, 4.69) is 29.8 Å². The Labute approximate surface area is 202 Å². The minimum absolute atomic E-state index is 0.00756. The van der Waals surface area contributed by atoms with Crippen LogP contribution in [0.5, 0.6) is 0 Å². The first-order valence-corrected chi connectivity index (χ1v) is 12.1. The summed E-state index contributed by atoms with van der Waals surface area (Å²) in [5.41, 5.74) is -0.310. The van der Waals surface area contributed by atoms with Crippen molar-refractivity contribution >= 4 is 29.5 Å². The van der Waals surface area contributed by atoms with Crippen molar-refractivity contribution in [2.24, 2.45) is 10.8 Å². The average molecular weight is 480 g/mol. The molecular weight excluding hydrogens is 438 g/mol. The van der Waals surface area contributed by atoms with E-state index in [0.717, 1.165) is 6.42 Å². The van der Waals surface area contributed by atoms with Crippen LogP contribution in [0.3, 0.4) is 0 Å². The van der Waals surface area contributed by atoms with Gasteiger partial charge < -0.3 is 25.8 Å². The summed E-state index contributed by atoms with van der Waals surface area (Å²) in [6.07, 6.45) is 2.60. The highest BCUT2D eigenvalue weighted by Gasteiger charge is 2.36. The Morgan fingerprint density at radius 2 is 1.76 bits per heavy atom. The molecule has 2 fully saturated rings. The second-order valence-electron chi connectivity index (χ2n) is 11.3. The smallest absolute Gasteiger partial charge is 0.315 e. The molecule has 10 nitrogen and oxygen atoms in total. The predicted octanol–water partition coefficient (Wildman–Crippen LogP) is 1.05. The van der Waals surface area contributed by atoms with Gasteiger partial charge >= 0.3 is 6.03 Å². The first kappa shape index (κ1) is 27.6. The summed E-state index contributed by atoms with van der Waals surface area (Å²) < 4.78 is 0. The van der Waals surface area contributed by atoms with Gasteiger partial charge in [-0.25, -0.2) is 4.79 Å². The first-order valence-electron chi connectivity index (χ1n) is 12.1. The Hall–Kier alpha value is -2.65. The van der Waals surface area contributed by atoms with Gasteiger partial charge in [-0.3, -0.25) is 19.2 Å². The minimum atomic E-state index is -0.631. The fourth-order valence-electron chi connectivity index (χ4n) is 4.26. The van der Waals surface area contributed by atoms with Crippen LogP contribution in [0.1, 0.15) is 67.2 Å². The van der Waals surface area contributed by atoms with Crippen molar-refractivity contribution in [3.8, 4) is 0 Å². The number of likely N-dealkylation sites (tertiary alicyclic amines) is 2. The average Bonchev–Trinajstić information content (AvgIpc) is 3.20. The van der Waals surface area contributed by atoms with Gasteiger partial charge in [0.05, 0.1) is 19.1 Å². The SMILES string of the molecule is CC(=O)CNC(=O)C1CCCN1C(=O)CNC(=O)NC(CN1CCC(C)(C)CC1=O)C(C)(C)C. The monoisotopic (exact) mass is 479 g/mol. The summed E-state index contributed by atoms with van der Waals surface area (Å²) in [5, 5.41) is 8.08. The number of piperidine rings is 1. The van der Waals surface area contributed by atoms with E-state index in [1.807, 2.05) is 20.8 Å². The van der Waals surface area contributed by atoms with Gasteiger partial charge in [-0.15, -0.1) is 0 Å². The van der Waals surface area contributed by atoms with Crippen molar-refractivity contribution in [3.63, 3.8) is 0 Å². The van der Waals surface area contributed by atoms with Gasteiger partial charge in [0.1, 0.15) is 11.8 Å². The molecule has 2 saturated heterocycles. The molecule has 192 valence electrons. The fraction of sp³-hybridized carbons (Fsp3) is 0.792. The van der Waals surface area contributed by atoms with E-state index in [0.29, 0.717) is 38.9 Å². The molecule has 3 N–H and O–H groups in total. The number of urea groups is 1. The molecule has 0 aliphatic carbocycles. The molecule has 34 heavy (non-hydrogen) atoms. The lowest BCUT2D eigenvalue weighted by Gasteiger charge is -2.41. The number of carbonyl (C=O) groups excluding carboxylic acids is 5. The van der Waals surface area contributed by atoms with Crippen LogP contribution in [0.4, 0.5) is 4.79 Å². The Balaban J connectivity index is 1.89. The van der Waals surface area contributed by atoms with E-state index in [4.69, 9.17) is 0 Å². The van der Waals surface area contributed by atoms with Gasteiger partial charge in [-0.2, -0.15) is 0 Å². The van der Waals surface area contributed by atoms with Gasteiger partial charge in [0, 0.05) is 26.1 Å². The number of rotatable bonds is 8. The van der Waals surface area contributed by atoms with Gasteiger partial charge in [-0.1, -0.05) is 34.6 Å². The summed E-state index contributed by atoms with van der Waals surface area (Å²) in [5.74, 6) is -0.777. The van der Waals surface area contributed by atoms with Gasteiger partial charge in [0.25, 0.3) is 0 Å². The third-order valence-corrected chi connectivity index (χ3v) is 6.58. The van der Waals surface area contributed by atoms with E-state index in [1.54, 1.807) is 4.90 Å². The lowest BCUT2D eigenvalue weighted by atomic mass is 9.81. The second-order valence-corrected chi connectivity index (χ2v) is 11.3. The molecule has 0 aromatic rings. The lowest BCUT2D eigenvalue weighted by molar-refractivity contribution is -0.138. The molecule has 5 amide bonds. The van der Waals surface area contributed by atoms with E-state index in [9.17, 15) is 24.0 Å².